The highest BCUT2D eigenvalue weighted by atomic mass is 15.3. The molecule has 1 saturated heterocycles. The van der Waals surface area contributed by atoms with Crippen LogP contribution in [0.25, 0.3) is 0 Å². The van der Waals surface area contributed by atoms with Crippen molar-refractivity contribution < 1.29 is 0 Å². The molecule has 2 heterocycles. The second-order valence-electron chi connectivity index (χ2n) is 3.94. The van der Waals surface area contributed by atoms with E-state index in [1.54, 1.807) is 0 Å². The van der Waals surface area contributed by atoms with Crippen molar-refractivity contribution in [2.24, 2.45) is 7.05 Å². The number of aromatic nitrogens is 2. The lowest BCUT2D eigenvalue weighted by molar-refractivity contribution is 0.409. The van der Waals surface area contributed by atoms with Crippen LogP contribution in [-0.2, 0) is 7.05 Å². The first kappa shape index (κ1) is 9.22. The van der Waals surface area contributed by atoms with E-state index >= 15 is 0 Å². The minimum atomic E-state index is 0.525. The van der Waals surface area contributed by atoms with Gasteiger partial charge < -0.3 is 4.90 Å². The summed E-state index contributed by atoms with van der Waals surface area (Å²) in [4.78, 5) is 2.31. The third kappa shape index (κ3) is 1.51. The molecule has 1 aromatic heterocycles. The Hall–Kier alpha value is -1.34. The van der Waals surface area contributed by atoms with Gasteiger partial charge in [0.2, 0.25) is 0 Å². The Bertz CT molecular complexity index is 374. The fourth-order valence-electron chi connectivity index (χ4n) is 2.09. The van der Waals surface area contributed by atoms with E-state index in [4.69, 9.17) is 5.26 Å². The minimum Gasteiger partial charge on any atom is -0.306 e. The van der Waals surface area contributed by atoms with Gasteiger partial charge in [-0.1, -0.05) is 0 Å². The summed E-state index contributed by atoms with van der Waals surface area (Å²) in [6, 6.07) is 3.98. The molecule has 1 atom stereocenters. The molecule has 0 bridgehead atoms. The molecule has 4 nitrogen and oxygen atoms in total. The highest BCUT2D eigenvalue weighted by molar-refractivity contribution is 5.25. The molecule has 0 amide bonds. The zero-order valence-corrected chi connectivity index (χ0v) is 8.56. The minimum absolute atomic E-state index is 0.525. The van der Waals surface area contributed by atoms with Crippen LogP contribution in [0.5, 0.6) is 0 Å². The predicted molar refractivity (Wildman–Crippen MR) is 52.8 cm³/mol. The van der Waals surface area contributed by atoms with E-state index in [-0.39, 0.29) is 0 Å². The van der Waals surface area contributed by atoms with Gasteiger partial charge in [-0.05, 0) is 26.1 Å². The van der Waals surface area contributed by atoms with E-state index in [0.717, 1.165) is 13.1 Å². The lowest BCUT2D eigenvalue weighted by Crippen LogP contribution is -2.14. The zero-order chi connectivity index (χ0) is 10.1. The highest BCUT2D eigenvalue weighted by Crippen LogP contribution is 2.26. The van der Waals surface area contributed by atoms with Crippen molar-refractivity contribution in [2.45, 2.75) is 12.3 Å². The van der Waals surface area contributed by atoms with Crippen LogP contribution in [0.15, 0.2) is 6.07 Å². The molecule has 14 heavy (non-hydrogen) atoms. The molecule has 0 radical (unpaired) electrons. The molecule has 1 fully saturated rings. The molecule has 74 valence electrons. The second kappa shape index (κ2) is 3.43. The van der Waals surface area contributed by atoms with Crippen molar-refractivity contribution >= 4 is 0 Å². The summed E-state index contributed by atoms with van der Waals surface area (Å²) < 4.78 is 1.84. The Morgan fingerprint density at radius 2 is 2.36 bits per heavy atom. The third-order valence-electron chi connectivity index (χ3n) is 2.84. The van der Waals surface area contributed by atoms with Gasteiger partial charge in [0, 0.05) is 25.2 Å². The molecule has 1 aliphatic rings. The van der Waals surface area contributed by atoms with E-state index < -0.39 is 0 Å². The van der Waals surface area contributed by atoms with Crippen LogP contribution < -0.4 is 0 Å². The SMILES string of the molecule is CN1CCC(c2cc(C#N)nn2C)C1. The summed E-state index contributed by atoms with van der Waals surface area (Å²) in [5.41, 5.74) is 1.71. The number of likely N-dealkylation sites (N-methyl/N-ethyl adjacent to an activating group) is 1. The molecule has 1 unspecified atom stereocenters. The van der Waals surface area contributed by atoms with Crippen molar-refractivity contribution in [3.8, 4) is 6.07 Å². The van der Waals surface area contributed by atoms with E-state index in [1.807, 2.05) is 17.8 Å². The fraction of sp³-hybridized carbons (Fsp3) is 0.600. The fourth-order valence-corrected chi connectivity index (χ4v) is 2.09. The maximum atomic E-state index is 8.73. The van der Waals surface area contributed by atoms with Crippen LogP contribution in [0.3, 0.4) is 0 Å². The Kier molecular flexibility index (Phi) is 2.26. The average Bonchev–Trinajstić information content (AvgIpc) is 2.71. The van der Waals surface area contributed by atoms with Gasteiger partial charge in [-0.3, -0.25) is 4.68 Å². The van der Waals surface area contributed by atoms with Crippen LogP contribution in [-0.4, -0.2) is 34.8 Å². The predicted octanol–water partition coefficient (Wildman–Crippen LogP) is 0.711. The van der Waals surface area contributed by atoms with Gasteiger partial charge in [-0.15, -0.1) is 0 Å². The first-order valence-corrected chi connectivity index (χ1v) is 4.83. The van der Waals surface area contributed by atoms with Crippen molar-refractivity contribution in [1.29, 1.82) is 5.26 Å². The summed E-state index contributed by atoms with van der Waals surface area (Å²) in [5.74, 6) is 0.541. The van der Waals surface area contributed by atoms with Gasteiger partial charge in [0.1, 0.15) is 6.07 Å². The molecule has 0 aromatic carbocycles. The summed E-state index contributed by atoms with van der Waals surface area (Å²) in [7, 11) is 4.04. The first-order chi connectivity index (χ1) is 6.70. The number of hydrogen-bond donors (Lipinski definition) is 0. The molecular formula is C10H14N4. The van der Waals surface area contributed by atoms with Crippen molar-refractivity contribution in [1.82, 2.24) is 14.7 Å². The molecule has 0 N–H and O–H groups in total. The number of rotatable bonds is 1. The van der Waals surface area contributed by atoms with Crippen LogP contribution in [0.2, 0.25) is 0 Å². The quantitative estimate of drug-likeness (QED) is 0.655. The van der Waals surface area contributed by atoms with Gasteiger partial charge in [0.15, 0.2) is 5.69 Å². The zero-order valence-electron chi connectivity index (χ0n) is 8.56. The van der Waals surface area contributed by atoms with E-state index in [9.17, 15) is 0 Å². The largest absolute Gasteiger partial charge is 0.306 e. The Morgan fingerprint density at radius 1 is 1.57 bits per heavy atom. The lowest BCUT2D eigenvalue weighted by atomic mass is 10.0. The van der Waals surface area contributed by atoms with Crippen LogP contribution in [0.4, 0.5) is 0 Å². The lowest BCUT2D eigenvalue weighted by Gasteiger charge is -2.09. The highest BCUT2D eigenvalue weighted by Gasteiger charge is 2.24. The number of aryl methyl sites for hydroxylation is 1. The van der Waals surface area contributed by atoms with Gasteiger partial charge in [0.05, 0.1) is 0 Å². The van der Waals surface area contributed by atoms with Crippen LogP contribution in [0, 0.1) is 11.3 Å². The molecule has 0 saturated carbocycles. The van der Waals surface area contributed by atoms with Crippen molar-refractivity contribution in [2.75, 3.05) is 20.1 Å². The molecular weight excluding hydrogens is 176 g/mol. The average molecular weight is 190 g/mol. The smallest absolute Gasteiger partial charge is 0.162 e. The molecule has 0 spiro atoms. The van der Waals surface area contributed by atoms with Gasteiger partial charge >= 0.3 is 0 Å². The maximum Gasteiger partial charge on any atom is 0.162 e. The number of likely N-dealkylation sites (tertiary alicyclic amines) is 1. The molecule has 4 heteroatoms. The third-order valence-corrected chi connectivity index (χ3v) is 2.84. The van der Waals surface area contributed by atoms with E-state index in [2.05, 4.69) is 23.1 Å². The maximum absolute atomic E-state index is 8.73. The summed E-state index contributed by atoms with van der Waals surface area (Å²) in [5, 5.41) is 12.9. The Balaban J connectivity index is 2.24. The Morgan fingerprint density at radius 3 is 2.86 bits per heavy atom. The summed E-state index contributed by atoms with van der Waals surface area (Å²) >= 11 is 0. The van der Waals surface area contributed by atoms with Gasteiger partial charge in [0.25, 0.3) is 0 Å². The Labute approximate surface area is 83.7 Å². The standard InChI is InChI=1S/C10H14N4/c1-13-4-3-8(7-13)10-5-9(6-11)12-14(10)2/h5,8H,3-4,7H2,1-2H3. The molecule has 0 aliphatic carbocycles. The second-order valence-corrected chi connectivity index (χ2v) is 3.94. The van der Waals surface area contributed by atoms with E-state index in [0.29, 0.717) is 11.6 Å². The number of nitrogens with zero attached hydrogens (tertiary/aromatic N) is 4. The summed E-state index contributed by atoms with van der Waals surface area (Å²) in [6.07, 6.45) is 1.17. The number of nitriles is 1. The van der Waals surface area contributed by atoms with Crippen LogP contribution >= 0.6 is 0 Å². The molecule has 1 aliphatic heterocycles. The van der Waals surface area contributed by atoms with Gasteiger partial charge in [-0.25, -0.2) is 0 Å². The summed E-state index contributed by atoms with van der Waals surface area (Å²) in [6.45, 7) is 2.21. The van der Waals surface area contributed by atoms with E-state index in [1.165, 1.54) is 12.1 Å². The van der Waals surface area contributed by atoms with Gasteiger partial charge in [-0.2, -0.15) is 10.4 Å². The van der Waals surface area contributed by atoms with Crippen LogP contribution in [0.1, 0.15) is 23.7 Å². The van der Waals surface area contributed by atoms with Crippen molar-refractivity contribution in [3.63, 3.8) is 0 Å². The van der Waals surface area contributed by atoms with Crippen molar-refractivity contribution in [3.05, 3.63) is 17.5 Å². The first-order valence-electron chi connectivity index (χ1n) is 4.83. The topological polar surface area (TPSA) is 44.9 Å². The normalized spacial score (nSPS) is 22.5. The number of hydrogen-bond acceptors (Lipinski definition) is 3. The molecule has 1 aromatic rings. The monoisotopic (exact) mass is 190 g/mol. The molecule has 2 rings (SSSR count).